The van der Waals surface area contributed by atoms with Crippen LogP contribution < -0.4 is 5.32 Å². The standard InChI is InChI=1S/C14H17BrF3NO2/c1-8(2)5-9(13(20)21)7-19-12-4-3-10(15)6-11(12)14(16,17)18/h3-4,6,8-9,19H,5,7H2,1-2H3,(H,20,21). The summed E-state index contributed by atoms with van der Waals surface area (Å²) < 4.78 is 39.2. The van der Waals surface area contributed by atoms with Crippen LogP contribution in [0.25, 0.3) is 0 Å². The molecule has 7 heteroatoms. The predicted molar refractivity (Wildman–Crippen MR) is 78.2 cm³/mol. The smallest absolute Gasteiger partial charge is 0.418 e. The van der Waals surface area contributed by atoms with E-state index >= 15 is 0 Å². The molecule has 3 nitrogen and oxygen atoms in total. The Morgan fingerprint density at radius 3 is 2.48 bits per heavy atom. The number of carboxylic acids is 1. The molecule has 0 aliphatic rings. The van der Waals surface area contributed by atoms with Crippen molar-refractivity contribution in [2.75, 3.05) is 11.9 Å². The first kappa shape index (κ1) is 17.8. The monoisotopic (exact) mass is 367 g/mol. The third-order valence-electron chi connectivity index (χ3n) is 2.93. The van der Waals surface area contributed by atoms with Crippen LogP contribution in [0.4, 0.5) is 18.9 Å². The highest BCUT2D eigenvalue weighted by Gasteiger charge is 2.34. The van der Waals surface area contributed by atoms with Crippen LogP contribution >= 0.6 is 15.9 Å². The van der Waals surface area contributed by atoms with Gasteiger partial charge in [-0.1, -0.05) is 29.8 Å². The molecule has 0 aromatic heterocycles. The molecule has 118 valence electrons. The molecule has 0 aliphatic carbocycles. The Balaban J connectivity index is 2.90. The Labute approximate surface area is 129 Å². The Bertz CT molecular complexity index is 503. The molecule has 21 heavy (non-hydrogen) atoms. The Morgan fingerprint density at radius 1 is 1.38 bits per heavy atom. The lowest BCUT2D eigenvalue weighted by molar-refractivity contribution is -0.141. The molecule has 0 spiro atoms. The normalized spacial score (nSPS) is 13.3. The fourth-order valence-corrected chi connectivity index (χ4v) is 2.34. The van der Waals surface area contributed by atoms with E-state index in [1.54, 1.807) is 0 Å². The number of anilines is 1. The van der Waals surface area contributed by atoms with Crippen molar-refractivity contribution in [3.63, 3.8) is 0 Å². The van der Waals surface area contributed by atoms with E-state index in [0.29, 0.717) is 10.9 Å². The summed E-state index contributed by atoms with van der Waals surface area (Å²) >= 11 is 3.00. The Hall–Kier alpha value is -1.24. The predicted octanol–water partition coefficient (Wildman–Crippen LogP) is 4.63. The van der Waals surface area contributed by atoms with Crippen molar-refractivity contribution in [1.82, 2.24) is 0 Å². The quantitative estimate of drug-likeness (QED) is 0.770. The summed E-state index contributed by atoms with van der Waals surface area (Å²) in [6, 6.07) is 3.75. The molecule has 0 heterocycles. The third kappa shape index (κ3) is 5.57. The Kier molecular flexibility index (Phi) is 6.07. The SMILES string of the molecule is CC(C)CC(CNc1ccc(Br)cc1C(F)(F)F)C(=O)O. The summed E-state index contributed by atoms with van der Waals surface area (Å²) in [6.45, 7) is 3.70. The fourth-order valence-electron chi connectivity index (χ4n) is 1.98. The summed E-state index contributed by atoms with van der Waals surface area (Å²) in [5, 5.41) is 11.7. The number of nitrogens with one attached hydrogen (secondary N) is 1. The molecular weight excluding hydrogens is 351 g/mol. The van der Waals surface area contributed by atoms with Crippen LogP contribution in [0.1, 0.15) is 25.8 Å². The zero-order chi connectivity index (χ0) is 16.2. The summed E-state index contributed by atoms with van der Waals surface area (Å²) in [5.41, 5.74) is -0.925. The molecule has 1 atom stereocenters. The van der Waals surface area contributed by atoms with Crippen molar-refractivity contribution >= 4 is 27.6 Å². The van der Waals surface area contributed by atoms with E-state index in [0.717, 1.165) is 6.07 Å². The summed E-state index contributed by atoms with van der Waals surface area (Å²) in [7, 11) is 0. The maximum absolute atomic E-state index is 12.9. The number of alkyl halides is 3. The van der Waals surface area contributed by atoms with E-state index < -0.39 is 23.6 Å². The molecular formula is C14H17BrF3NO2. The van der Waals surface area contributed by atoms with E-state index in [9.17, 15) is 18.0 Å². The first-order chi connectivity index (χ1) is 9.61. The second-order valence-corrected chi connectivity index (χ2v) is 6.15. The highest BCUT2D eigenvalue weighted by Crippen LogP contribution is 2.36. The number of carbonyl (C=O) groups is 1. The number of hydrogen-bond acceptors (Lipinski definition) is 2. The summed E-state index contributed by atoms with van der Waals surface area (Å²) in [6.07, 6.45) is -4.09. The number of benzene rings is 1. The maximum Gasteiger partial charge on any atom is 0.418 e. The second kappa shape index (κ2) is 7.15. The third-order valence-corrected chi connectivity index (χ3v) is 3.42. The molecule has 1 aromatic rings. The highest BCUT2D eigenvalue weighted by molar-refractivity contribution is 9.10. The van der Waals surface area contributed by atoms with Crippen LogP contribution in [0.15, 0.2) is 22.7 Å². The number of hydrogen-bond donors (Lipinski definition) is 2. The lowest BCUT2D eigenvalue weighted by atomic mass is 9.97. The van der Waals surface area contributed by atoms with E-state index in [1.807, 2.05) is 13.8 Å². The number of rotatable bonds is 6. The summed E-state index contributed by atoms with van der Waals surface area (Å²) in [4.78, 5) is 11.1. The van der Waals surface area contributed by atoms with Crippen LogP contribution in [0.2, 0.25) is 0 Å². The van der Waals surface area contributed by atoms with Crippen molar-refractivity contribution < 1.29 is 23.1 Å². The molecule has 1 rings (SSSR count). The van der Waals surface area contributed by atoms with Gasteiger partial charge in [0, 0.05) is 16.7 Å². The van der Waals surface area contributed by atoms with Gasteiger partial charge in [-0.2, -0.15) is 13.2 Å². The zero-order valence-corrected chi connectivity index (χ0v) is 13.3. The van der Waals surface area contributed by atoms with Gasteiger partial charge in [-0.25, -0.2) is 0 Å². The van der Waals surface area contributed by atoms with Gasteiger partial charge in [-0.15, -0.1) is 0 Å². The van der Waals surface area contributed by atoms with Crippen molar-refractivity contribution in [3.8, 4) is 0 Å². The van der Waals surface area contributed by atoms with Gasteiger partial charge >= 0.3 is 12.1 Å². The van der Waals surface area contributed by atoms with E-state index in [2.05, 4.69) is 21.2 Å². The molecule has 0 saturated carbocycles. The molecule has 2 N–H and O–H groups in total. The van der Waals surface area contributed by atoms with Crippen LogP contribution in [0, 0.1) is 11.8 Å². The zero-order valence-electron chi connectivity index (χ0n) is 11.7. The minimum Gasteiger partial charge on any atom is -0.481 e. The van der Waals surface area contributed by atoms with E-state index in [4.69, 9.17) is 5.11 Å². The molecule has 0 amide bonds. The maximum atomic E-state index is 12.9. The largest absolute Gasteiger partial charge is 0.481 e. The van der Waals surface area contributed by atoms with E-state index in [1.165, 1.54) is 12.1 Å². The lowest BCUT2D eigenvalue weighted by Crippen LogP contribution is -2.25. The number of halogens is 4. The average molecular weight is 368 g/mol. The van der Waals surface area contributed by atoms with Gasteiger partial charge in [-0.3, -0.25) is 4.79 Å². The summed E-state index contributed by atoms with van der Waals surface area (Å²) in [5.74, 6) is -1.59. The van der Waals surface area contributed by atoms with Crippen LogP contribution in [0.3, 0.4) is 0 Å². The van der Waals surface area contributed by atoms with Gasteiger partial charge in [0.1, 0.15) is 0 Å². The van der Waals surface area contributed by atoms with Crippen LogP contribution in [-0.4, -0.2) is 17.6 Å². The average Bonchev–Trinajstić information content (AvgIpc) is 2.33. The molecule has 0 fully saturated rings. The van der Waals surface area contributed by atoms with Crippen LogP contribution in [0.5, 0.6) is 0 Å². The van der Waals surface area contributed by atoms with Gasteiger partial charge in [-0.05, 0) is 30.5 Å². The minimum absolute atomic E-state index is 0.0434. The first-order valence-electron chi connectivity index (χ1n) is 6.44. The van der Waals surface area contributed by atoms with Crippen LogP contribution in [-0.2, 0) is 11.0 Å². The minimum atomic E-state index is -4.50. The fraction of sp³-hybridized carbons (Fsp3) is 0.500. The molecule has 0 bridgehead atoms. The lowest BCUT2D eigenvalue weighted by Gasteiger charge is -2.19. The van der Waals surface area contributed by atoms with Gasteiger partial charge in [0.15, 0.2) is 0 Å². The van der Waals surface area contributed by atoms with Crippen molar-refractivity contribution in [2.45, 2.75) is 26.4 Å². The molecule has 1 unspecified atom stereocenters. The first-order valence-corrected chi connectivity index (χ1v) is 7.24. The van der Waals surface area contributed by atoms with Gasteiger partial charge in [0.05, 0.1) is 11.5 Å². The molecule has 0 aliphatic heterocycles. The van der Waals surface area contributed by atoms with Gasteiger partial charge in [0.25, 0.3) is 0 Å². The highest BCUT2D eigenvalue weighted by atomic mass is 79.9. The topological polar surface area (TPSA) is 49.3 Å². The molecule has 0 saturated heterocycles. The van der Waals surface area contributed by atoms with Crippen molar-refractivity contribution in [3.05, 3.63) is 28.2 Å². The van der Waals surface area contributed by atoms with E-state index in [-0.39, 0.29) is 18.2 Å². The Morgan fingerprint density at radius 2 is 2.00 bits per heavy atom. The van der Waals surface area contributed by atoms with Gasteiger partial charge in [0.2, 0.25) is 0 Å². The molecule has 1 aromatic carbocycles. The second-order valence-electron chi connectivity index (χ2n) is 5.23. The molecule has 0 radical (unpaired) electrons. The number of carboxylic acid groups (broad SMARTS) is 1. The van der Waals surface area contributed by atoms with Gasteiger partial charge < -0.3 is 10.4 Å². The van der Waals surface area contributed by atoms with Crippen molar-refractivity contribution in [2.24, 2.45) is 11.8 Å². The van der Waals surface area contributed by atoms with Crippen molar-refractivity contribution in [1.29, 1.82) is 0 Å². The number of aliphatic carboxylic acids is 1.